The molecule has 2 N–H and O–H groups in total. The Morgan fingerprint density at radius 3 is 2.71 bits per heavy atom. The van der Waals surface area contributed by atoms with Gasteiger partial charge in [-0.1, -0.05) is 53.7 Å². The summed E-state index contributed by atoms with van der Waals surface area (Å²) in [7, 11) is 1.65. The third-order valence-corrected chi connectivity index (χ3v) is 6.98. The van der Waals surface area contributed by atoms with E-state index >= 15 is 0 Å². The number of benzene rings is 3. The molecule has 1 unspecified atom stereocenters. The first-order valence-corrected chi connectivity index (χ1v) is 13.5. The molecule has 0 aliphatic rings. The van der Waals surface area contributed by atoms with Gasteiger partial charge < -0.3 is 20.1 Å². The molecule has 0 aliphatic carbocycles. The van der Waals surface area contributed by atoms with Gasteiger partial charge in [0.1, 0.15) is 11.5 Å². The highest BCUT2D eigenvalue weighted by atomic mass is 35.5. The Balaban J connectivity index is 1.60. The number of aryl methyl sites for hydroxylation is 1. The van der Waals surface area contributed by atoms with E-state index in [1.807, 2.05) is 86.0 Å². The summed E-state index contributed by atoms with van der Waals surface area (Å²) in [5, 5.41) is 16.1. The number of hydrogen-bond donors (Lipinski definition) is 2. The van der Waals surface area contributed by atoms with E-state index in [-0.39, 0.29) is 6.03 Å². The van der Waals surface area contributed by atoms with Gasteiger partial charge in [0.15, 0.2) is 11.0 Å². The number of methoxy groups -OCH3 is 1. The van der Waals surface area contributed by atoms with Crippen LogP contribution < -0.4 is 20.1 Å². The van der Waals surface area contributed by atoms with Crippen LogP contribution in [0.25, 0.3) is 5.69 Å². The molecule has 4 rings (SSSR count). The number of nitrogens with one attached hydrogen (secondary N) is 2. The lowest BCUT2D eigenvalue weighted by molar-refractivity contribution is 0.248. The zero-order valence-corrected chi connectivity index (χ0v) is 23.3. The lowest BCUT2D eigenvalue weighted by atomic mass is 10.2. The van der Waals surface area contributed by atoms with Gasteiger partial charge in [-0.05, 0) is 68.3 Å². The predicted octanol–water partition coefficient (Wildman–Crippen LogP) is 6.81. The highest BCUT2D eigenvalue weighted by Gasteiger charge is 2.23. The molecule has 0 aliphatic heterocycles. The van der Waals surface area contributed by atoms with Crippen LogP contribution in [0.1, 0.15) is 36.8 Å². The van der Waals surface area contributed by atoms with Gasteiger partial charge in [-0.3, -0.25) is 4.57 Å². The maximum absolute atomic E-state index is 12.9. The summed E-state index contributed by atoms with van der Waals surface area (Å²) >= 11 is 7.91. The van der Waals surface area contributed by atoms with Crippen molar-refractivity contribution in [1.82, 2.24) is 20.1 Å². The van der Waals surface area contributed by atoms with Crippen LogP contribution in [-0.2, 0) is 5.75 Å². The number of nitrogens with zero attached hydrogens (tertiary/aromatic N) is 3. The second kappa shape index (κ2) is 12.7. The summed E-state index contributed by atoms with van der Waals surface area (Å²) in [6.07, 6.45) is 0. The average molecular weight is 552 g/mol. The molecule has 0 saturated carbocycles. The lowest BCUT2D eigenvalue weighted by Gasteiger charge is -2.19. The maximum atomic E-state index is 12.9. The number of aromatic nitrogens is 3. The Kier molecular flexibility index (Phi) is 9.15. The Bertz CT molecular complexity index is 1410. The molecule has 0 spiro atoms. The largest absolute Gasteiger partial charge is 0.497 e. The molecular formula is C28H30ClN5O3S. The quantitative estimate of drug-likeness (QED) is 0.210. The van der Waals surface area contributed by atoms with Crippen molar-refractivity contribution >= 4 is 35.1 Å². The van der Waals surface area contributed by atoms with Gasteiger partial charge in [0.05, 0.1) is 31.1 Å². The SMILES string of the molecule is CCOc1ccccc1NC(=O)NC(C)c1nnc(SCc2cccc(OC)c2)n1-c1cc(Cl)ccc1C. The molecule has 0 saturated heterocycles. The Labute approximate surface area is 231 Å². The maximum Gasteiger partial charge on any atom is 0.319 e. The fourth-order valence-electron chi connectivity index (χ4n) is 3.89. The van der Waals surface area contributed by atoms with E-state index < -0.39 is 6.04 Å². The Morgan fingerprint density at radius 2 is 1.92 bits per heavy atom. The molecule has 3 aromatic carbocycles. The van der Waals surface area contributed by atoms with Crippen molar-refractivity contribution < 1.29 is 14.3 Å². The van der Waals surface area contributed by atoms with Crippen molar-refractivity contribution in [3.63, 3.8) is 0 Å². The fourth-order valence-corrected chi connectivity index (χ4v) is 4.95. The number of thioether (sulfide) groups is 1. The van der Waals surface area contributed by atoms with Gasteiger partial charge in [0.25, 0.3) is 0 Å². The minimum absolute atomic E-state index is 0.382. The minimum Gasteiger partial charge on any atom is -0.497 e. The van der Waals surface area contributed by atoms with E-state index in [1.165, 1.54) is 0 Å². The predicted molar refractivity (Wildman–Crippen MR) is 152 cm³/mol. The topological polar surface area (TPSA) is 90.3 Å². The fraction of sp³-hybridized carbons (Fsp3) is 0.250. The summed E-state index contributed by atoms with van der Waals surface area (Å²) < 4.78 is 12.9. The van der Waals surface area contributed by atoms with Crippen molar-refractivity contribution in [2.75, 3.05) is 19.0 Å². The summed E-state index contributed by atoms with van der Waals surface area (Å²) in [6.45, 7) is 6.26. The zero-order valence-electron chi connectivity index (χ0n) is 21.7. The molecule has 0 fully saturated rings. The summed E-state index contributed by atoms with van der Waals surface area (Å²) in [5.41, 5.74) is 3.52. The minimum atomic E-state index is -0.466. The van der Waals surface area contributed by atoms with E-state index in [4.69, 9.17) is 21.1 Å². The van der Waals surface area contributed by atoms with Crippen molar-refractivity contribution in [3.8, 4) is 17.2 Å². The molecule has 1 heterocycles. The highest BCUT2D eigenvalue weighted by molar-refractivity contribution is 7.98. The van der Waals surface area contributed by atoms with Crippen LogP contribution in [0.15, 0.2) is 71.9 Å². The van der Waals surface area contributed by atoms with E-state index in [9.17, 15) is 4.79 Å². The number of anilines is 1. The molecule has 10 heteroatoms. The van der Waals surface area contributed by atoms with Gasteiger partial charge in [0, 0.05) is 10.8 Å². The van der Waals surface area contributed by atoms with E-state index in [2.05, 4.69) is 20.8 Å². The first kappa shape index (κ1) is 27.3. The Morgan fingerprint density at radius 1 is 1.11 bits per heavy atom. The van der Waals surface area contributed by atoms with Crippen molar-refractivity contribution in [2.45, 2.75) is 37.7 Å². The summed E-state index contributed by atoms with van der Waals surface area (Å²) in [5.74, 6) is 2.64. The van der Waals surface area contributed by atoms with Crippen LogP contribution in [0.2, 0.25) is 5.02 Å². The average Bonchev–Trinajstić information content (AvgIpc) is 3.34. The second-order valence-electron chi connectivity index (χ2n) is 8.50. The number of carbonyl (C=O) groups excluding carboxylic acids is 1. The molecule has 38 heavy (non-hydrogen) atoms. The van der Waals surface area contributed by atoms with Crippen LogP contribution in [0.3, 0.4) is 0 Å². The molecule has 1 atom stereocenters. The van der Waals surface area contributed by atoms with E-state index in [0.29, 0.717) is 39.8 Å². The van der Waals surface area contributed by atoms with E-state index in [1.54, 1.807) is 24.9 Å². The van der Waals surface area contributed by atoms with Crippen molar-refractivity contribution in [2.24, 2.45) is 0 Å². The summed E-state index contributed by atoms with van der Waals surface area (Å²) in [6, 6.07) is 20.0. The van der Waals surface area contributed by atoms with Crippen molar-refractivity contribution in [1.29, 1.82) is 0 Å². The highest BCUT2D eigenvalue weighted by Crippen LogP contribution is 2.31. The first-order valence-electron chi connectivity index (χ1n) is 12.2. The molecule has 198 valence electrons. The number of para-hydroxylation sites is 2. The Hall–Kier alpha value is -3.69. The van der Waals surface area contributed by atoms with Crippen LogP contribution in [0, 0.1) is 6.92 Å². The molecule has 4 aromatic rings. The van der Waals surface area contributed by atoms with Crippen LogP contribution in [0.5, 0.6) is 11.5 Å². The molecular weight excluding hydrogens is 522 g/mol. The monoisotopic (exact) mass is 551 g/mol. The summed E-state index contributed by atoms with van der Waals surface area (Å²) in [4.78, 5) is 12.9. The van der Waals surface area contributed by atoms with Gasteiger partial charge in [-0.15, -0.1) is 10.2 Å². The number of rotatable bonds is 10. The third-order valence-electron chi connectivity index (χ3n) is 5.74. The number of urea groups is 1. The molecule has 8 nitrogen and oxygen atoms in total. The van der Waals surface area contributed by atoms with Gasteiger partial charge in [0.2, 0.25) is 0 Å². The third kappa shape index (κ3) is 6.59. The standard InChI is InChI=1S/C28H30ClN5O3S/c1-5-37-25-12-7-6-11-23(25)31-27(35)30-19(3)26-32-33-28(34(26)24-16-21(29)14-13-18(24)2)38-17-20-9-8-10-22(15-20)36-4/h6-16,19H,5,17H2,1-4H3,(H2,30,31,35). The van der Waals surface area contributed by atoms with Gasteiger partial charge in [-0.2, -0.15) is 0 Å². The normalized spacial score (nSPS) is 11.6. The molecule has 0 radical (unpaired) electrons. The number of carbonyl (C=O) groups is 1. The molecule has 1 aromatic heterocycles. The van der Waals surface area contributed by atoms with Gasteiger partial charge in [-0.25, -0.2) is 4.79 Å². The second-order valence-corrected chi connectivity index (χ2v) is 9.88. The van der Waals surface area contributed by atoms with Crippen LogP contribution in [-0.4, -0.2) is 34.5 Å². The molecule has 0 bridgehead atoms. The first-order chi connectivity index (χ1) is 18.4. The van der Waals surface area contributed by atoms with Crippen molar-refractivity contribution in [3.05, 3.63) is 88.7 Å². The zero-order chi connectivity index (χ0) is 27.1. The smallest absolute Gasteiger partial charge is 0.319 e. The number of amides is 2. The van der Waals surface area contributed by atoms with Crippen LogP contribution in [0.4, 0.5) is 10.5 Å². The van der Waals surface area contributed by atoms with E-state index in [0.717, 1.165) is 22.6 Å². The number of hydrogen-bond acceptors (Lipinski definition) is 6. The number of halogens is 1. The number of ether oxygens (including phenoxy) is 2. The van der Waals surface area contributed by atoms with Gasteiger partial charge >= 0.3 is 6.03 Å². The van der Waals surface area contributed by atoms with Crippen LogP contribution >= 0.6 is 23.4 Å². The molecule has 2 amide bonds. The lowest BCUT2D eigenvalue weighted by Crippen LogP contribution is -2.32.